The monoisotopic (exact) mass is 173 g/mol. The molecule has 0 aromatic rings. The summed E-state index contributed by atoms with van der Waals surface area (Å²) in [7, 11) is 0. The minimum absolute atomic E-state index is 0.0139. The van der Waals surface area contributed by atoms with Crippen LogP contribution in [-0.2, 0) is 14.4 Å². The van der Waals surface area contributed by atoms with Crippen LogP contribution >= 0.6 is 0 Å². The van der Waals surface area contributed by atoms with E-state index in [0.29, 0.717) is 0 Å². The minimum atomic E-state index is -1.10. The Morgan fingerprint density at radius 1 is 1.00 bits per heavy atom. The number of hydrogen-bond acceptors (Lipinski definition) is 3. The van der Waals surface area contributed by atoms with E-state index in [-0.39, 0.29) is 12.8 Å². The van der Waals surface area contributed by atoms with E-state index in [9.17, 15) is 14.4 Å². The van der Waals surface area contributed by atoms with Gasteiger partial charge in [0.05, 0.1) is 0 Å². The maximum atomic E-state index is 10.5. The summed E-state index contributed by atoms with van der Waals surface area (Å²) in [4.78, 5) is 31.3. The van der Waals surface area contributed by atoms with E-state index in [0.717, 1.165) is 0 Å². The van der Waals surface area contributed by atoms with Gasteiger partial charge in [-0.15, -0.1) is 0 Å². The number of carbonyl (C=O) groups is 3. The zero-order chi connectivity index (χ0) is 9.72. The molecule has 0 aromatic carbocycles. The smallest absolute Gasteiger partial charge is 0.229 e. The van der Waals surface area contributed by atoms with Crippen LogP contribution in [0.2, 0.25) is 0 Å². The van der Waals surface area contributed by atoms with Crippen molar-refractivity contribution in [1.82, 2.24) is 0 Å². The lowest BCUT2D eigenvalue weighted by Crippen LogP contribution is -2.35. The number of nitrogens with two attached hydrogens (primary N) is 3. The van der Waals surface area contributed by atoms with E-state index in [4.69, 9.17) is 17.2 Å². The summed E-state index contributed by atoms with van der Waals surface area (Å²) in [6.45, 7) is 0. The van der Waals surface area contributed by atoms with Crippen LogP contribution in [0.15, 0.2) is 0 Å². The van der Waals surface area contributed by atoms with Gasteiger partial charge in [0.15, 0.2) is 0 Å². The first kappa shape index (κ1) is 10.4. The van der Waals surface area contributed by atoms with Crippen LogP contribution in [0.3, 0.4) is 0 Å². The van der Waals surface area contributed by atoms with Gasteiger partial charge < -0.3 is 17.2 Å². The van der Waals surface area contributed by atoms with Crippen molar-refractivity contribution in [3.63, 3.8) is 0 Å². The quantitative estimate of drug-likeness (QED) is 0.409. The highest BCUT2D eigenvalue weighted by atomic mass is 16.2. The molecular formula is C6H11N3O3. The van der Waals surface area contributed by atoms with Crippen molar-refractivity contribution in [2.24, 2.45) is 23.1 Å². The molecule has 12 heavy (non-hydrogen) atoms. The standard InChI is InChI=1S/C6H11N3O3/c7-4(10)2-1-3(5(8)11)6(9)12/h3H,1-2H2,(H2,7,10)(H2,8,11)(H2,9,12). The molecule has 0 unspecified atom stereocenters. The predicted molar refractivity (Wildman–Crippen MR) is 40.3 cm³/mol. The van der Waals surface area contributed by atoms with Crippen LogP contribution in [0.25, 0.3) is 0 Å². The van der Waals surface area contributed by atoms with Crippen molar-refractivity contribution >= 4 is 17.7 Å². The van der Waals surface area contributed by atoms with Crippen molar-refractivity contribution in [2.45, 2.75) is 12.8 Å². The lowest BCUT2D eigenvalue weighted by Gasteiger charge is -2.06. The number of rotatable bonds is 5. The van der Waals surface area contributed by atoms with Crippen molar-refractivity contribution in [3.8, 4) is 0 Å². The molecule has 0 saturated carbocycles. The second kappa shape index (κ2) is 4.32. The molecule has 0 aliphatic rings. The number of carbonyl (C=O) groups excluding carboxylic acids is 3. The van der Waals surface area contributed by atoms with Gasteiger partial charge in [0.25, 0.3) is 0 Å². The van der Waals surface area contributed by atoms with Crippen molar-refractivity contribution in [2.75, 3.05) is 0 Å². The highest BCUT2D eigenvalue weighted by molar-refractivity contribution is 5.99. The minimum Gasteiger partial charge on any atom is -0.370 e. The molecule has 0 aliphatic heterocycles. The SMILES string of the molecule is NC(=O)CCC(C(N)=O)C(N)=O. The summed E-state index contributed by atoms with van der Waals surface area (Å²) in [6, 6.07) is 0. The molecule has 6 N–H and O–H groups in total. The Kier molecular flexibility index (Phi) is 3.75. The molecule has 0 spiro atoms. The molecule has 0 rings (SSSR count). The van der Waals surface area contributed by atoms with Crippen LogP contribution in [0.4, 0.5) is 0 Å². The Morgan fingerprint density at radius 2 is 1.42 bits per heavy atom. The third kappa shape index (κ3) is 3.55. The molecule has 0 aromatic heterocycles. The van der Waals surface area contributed by atoms with Crippen molar-refractivity contribution in [3.05, 3.63) is 0 Å². The Labute approximate surface area is 69.1 Å². The normalized spacial score (nSPS) is 9.75. The molecule has 0 atom stereocenters. The van der Waals surface area contributed by atoms with Gasteiger partial charge in [-0.1, -0.05) is 0 Å². The lowest BCUT2D eigenvalue weighted by atomic mass is 10.0. The summed E-state index contributed by atoms with van der Waals surface area (Å²) in [6.07, 6.45) is -0.0868. The van der Waals surface area contributed by atoms with Gasteiger partial charge in [0, 0.05) is 6.42 Å². The maximum absolute atomic E-state index is 10.5. The van der Waals surface area contributed by atoms with E-state index in [1.54, 1.807) is 0 Å². The lowest BCUT2D eigenvalue weighted by molar-refractivity contribution is -0.132. The zero-order valence-corrected chi connectivity index (χ0v) is 6.45. The number of amides is 3. The van der Waals surface area contributed by atoms with Gasteiger partial charge in [-0.3, -0.25) is 14.4 Å². The fourth-order valence-corrected chi connectivity index (χ4v) is 0.711. The van der Waals surface area contributed by atoms with E-state index in [1.807, 2.05) is 0 Å². The van der Waals surface area contributed by atoms with Gasteiger partial charge in [0.1, 0.15) is 5.92 Å². The van der Waals surface area contributed by atoms with Gasteiger partial charge in [-0.05, 0) is 6.42 Å². The average Bonchev–Trinajstić information content (AvgIpc) is 1.84. The van der Waals surface area contributed by atoms with E-state index >= 15 is 0 Å². The highest BCUT2D eigenvalue weighted by Crippen LogP contribution is 2.04. The summed E-state index contributed by atoms with van der Waals surface area (Å²) < 4.78 is 0. The topological polar surface area (TPSA) is 129 Å². The third-order valence-electron chi connectivity index (χ3n) is 1.37. The third-order valence-corrected chi connectivity index (χ3v) is 1.37. The van der Waals surface area contributed by atoms with E-state index in [2.05, 4.69) is 0 Å². The molecule has 68 valence electrons. The van der Waals surface area contributed by atoms with Gasteiger partial charge in [-0.25, -0.2) is 0 Å². The molecule has 0 fully saturated rings. The van der Waals surface area contributed by atoms with Crippen LogP contribution in [0.1, 0.15) is 12.8 Å². The molecule has 0 bridgehead atoms. The highest BCUT2D eigenvalue weighted by Gasteiger charge is 2.21. The number of primary amides is 3. The number of hydrogen-bond donors (Lipinski definition) is 3. The molecule has 0 heterocycles. The summed E-state index contributed by atoms with van der Waals surface area (Å²) in [5.41, 5.74) is 14.5. The van der Waals surface area contributed by atoms with Crippen LogP contribution in [-0.4, -0.2) is 17.7 Å². The largest absolute Gasteiger partial charge is 0.370 e. The van der Waals surface area contributed by atoms with Gasteiger partial charge >= 0.3 is 0 Å². The molecule has 6 nitrogen and oxygen atoms in total. The van der Waals surface area contributed by atoms with E-state index < -0.39 is 23.6 Å². The molecular weight excluding hydrogens is 162 g/mol. The summed E-state index contributed by atoms with van der Waals surface area (Å²) in [5.74, 6) is -3.35. The fraction of sp³-hybridized carbons (Fsp3) is 0.500. The van der Waals surface area contributed by atoms with Crippen molar-refractivity contribution < 1.29 is 14.4 Å². The molecule has 6 heteroatoms. The predicted octanol–water partition coefficient (Wildman–Crippen LogP) is -2.16. The second-order valence-electron chi connectivity index (χ2n) is 2.36. The summed E-state index contributed by atoms with van der Waals surface area (Å²) in [5, 5.41) is 0. The second-order valence-corrected chi connectivity index (χ2v) is 2.36. The molecule has 3 amide bonds. The molecule has 0 saturated heterocycles. The van der Waals surface area contributed by atoms with E-state index in [1.165, 1.54) is 0 Å². The molecule has 0 radical (unpaired) electrons. The van der Waals surface area contributed by atoms with Crippen molar-refractivity contribution in [1.29, 1.82) is 0 Å². The zero-order valence-electron chi connectivity index (χ0n) is 6.45. The Balaban J connectivity index is 4.06. The average molecular weight is 173 g/mol. The Morgan fingerprint density at radius 3 is 1.67 bits per heavy atom. The first-order chi connectivity index (χ1) is 5.45. The fourth-order valence-electron chi connectivity index (χ4n) is 0.711. The van der Waals surface area contributed by atoms with Crippen LogP contribution < -0.4 is 17.2 Å². The first-order valence-corrected chi connectivity index (χ1v) is 3.32. The van der Waals surface area contributed by atoms with Crippen LogP contribution in [0.5, 0.6) is 0 Å². The van der Waals surface area contributed by atoms with Gasteiger partial charge in [-0.2, -0.15) is 0 Å². The first-order valence-electron chi connectivity index (χ1n) is 3.32. The maximum Gasteiger partial charge on any atom is 0.229 e. The van der Waals surface area contributed by atoms with Gasteiger partial charge in [0.2, 0.25) is 17.7 Å². The van der Waals surface area contributed by atoms with Crippen LogP contribution in [0, 0.1) is 5.92 Å². The summed E-state index contributed by atoms with van der Waals surface area (Å²) >= 11 is 0. The molecule has 0 aliphatic carbocycles. The Bertz CT molecular complexity index is 200. The Hall–Kier alpha value is -1.59.